The molecule has 0 bridgehead atoms. The van der Waals surface area contributed by atoms with E-state index in [0.717, 1.165) is 35.4 Å². The summed E-state index contributed by atoms with van der Waals surface area (Å²) < 4.78 is 0. The monoisotopic (exact) mass is 257 g/mol. The van der Waals surface area contributed by atoms with E-state index in [1.807, 2.05) is 38.2 Å². The van der Waals surface area contributed by atoms with Gasteiger partial charge in [-0.05, 0) is 37.5 Å². The van der Waals surface area contributed by atoms with Crippen LogP contribution >= 0.6 is 0 Å². The van der Waals surface area contributed by atoms with Gasteiger partial charge >= 0.3 is 0 Å². The van der Waals surface area contributed by atoms with E-state index in [0.29, 0.717) is 6.54 Å². The van der Waals surface area contributed by atoms with Crippen LogP contribution in [0.1, 0.15) is 33.7 Å². The SMILES string of the molecule is Cc1cccc(C(=O)NCCCc2ncc[nH]2)c1C. The first-order chi connectivity index (χ1) is 9.18. The highest BCUT2D eigenvalue weighted by atomic mass is 16.1. The Morgan fingerprint density at radius 1 is 1.37 bits per heavy atom. The Morgan fingerprint density at radius 2 is 2.21 bits per heavy atom. The van der Waals surface area contributed by atoms with Gasteiger partial charge in [0.25, 0.3) is 5.91 Å². The zero-order valence-corrected chi connectivity index (χ0v) is 11.4. The van der Waals surface area contributed by atoms with Gasteiger partial charge in [-0.2, -0.15) is 0 Å². The van der Waals surface area contributed by atoms with Gasteiger partial charge in [0, 0.05) is 30.9 Å². The molecule has 1 amide bonds. The fraction of sp³-hybridized carbons (Fsp3) is 0.333. The van der Waals surface area contributed by atoms with Crippen molar-refractivity contribution in [3.8, 4) is 0 Å². The lowest BCUT2D eigenvalue weighted by molar-refractivity contribution is 0.0952. The quantitative estimate of drug-likeness (QED) is 0.808. The first kappa shape index (κ1) is 13.3. The number of H-pyrrole nitrogens is 1. The van der Waals surface area contributed by atoms with Crippen molar-refractivity contribution in [2.45, 2.75) is 26.7 Å². The molecule has 4 heteroatoms. The number of aromatic nitrogens is 2. The average Bonchev–Trinajstić information content (AvgIpc) is 2.91. The zero-order chi connectivity index (χ0) is 13.7. The molecule has 0 aliphatic rings. The van der Waals surface area contributed by atoms with E-state index in [1.54, 1.807) is 6.20 Å². The second-order valence-corrected chi connectivity index (χ2v) is 4.64. The van der Waals surface area contributed by atoms with Gasteiger partial charge in [-0.1, -0.05) is 12.1 Å². The molecule has 0 atom stereocenters. The minimum atomic E-state index is 0.000597. The number of benzene rings is 1. The van der Waals surface area contributed by atoms with Crippen molar-refractivity contribution in [3.63, 3.8) is 0 Å². The molecule has 0 radical (unpaired) electrons. The normalized spacial score (nSPS) is 10.4. The standard InChI is InChI=1S/C15H19N3O/c1-11-5-3-6-13(12(11)2)15(19)18-8-4-7-14-16-9-10-17-14/h3,5-6,9-10H,4,7-8H2,1-2H3,(H,16,17)(H,18,19). The van der Waals surface area contributed by atoms with Crippen LogP contribution in [-0.4, -0.2) is 22.4 Å². The van der Waals surface area contributed by atoms with Crippen LogP contribution in [0, 0.1) is 13.8 Å². The molecule has 4 nitrogen and oxygen atoms in total. The van der Waals surface area contributed by atoms with Crippen LogP contribution in [0.2, 0.25) is 0 Å². The molecule has 100 valence electrons. The highest BCUT2D eigenvalue weighted by Crippen LogP contribution is 2.12. The maximum atomic E-state index is 12.0. The van der Waals surface area contributed by atoms with Crippen LogP contribution in [0.25, 0.3) is 0 Å². The Labute approximate surface area is 113 Å². The topological polar surface area (TPSA) is 57.8 Å². The van der Waals surface area contributed by atoms with Gasteiger partial charge < -0.3 is 10.3 Å². The van der Waals surface area contributed by atoms with E-state index in [1.165, 1.54) is 0 Å². The molecule has 1 aromatic heterocycles. The molecule has 0 aliphatic heterocycles. The largest absolute Gasteiger partial charge is 0.352 e. The lowest BCUT2D eigenvalue weighted by Gasteiger charge is -2.09. The smallest absolute Gasteiger partial charge is 0.251 e. The highest BCUT2D eigenvalue weighted by Gasteiger charge is 2.09. The number of hydrogen-bond donors (Lipinski definition) is 2. The predicted octanol–water partition coefficient (Wildman–Crippen LogP) is 2.39. The van der Waals surface area contributed by atoms with E-state index in [9.17, 15) is 4.79 Å². The summed E-state index contributed by atoms with van der Waals surface area (Å²) in [6, 6.07) is 5.80. The molecule has 1 aromatic carbocycles. The number of imidazole rings is 1. The van der Waals surface area contributed by atoms with E-state index in [2.05, 4.69) is 15.3 Å². The number of amides is 1. The van der Waals surface area contributed by atoms with Gasteiger partial charge in [0.05, 0.1) is 0 Å². The molecule has 19 heavy (non-hydrogen) atoms. The van der Waals surface area contributed by atoms with Crippen molar-refractivity contribution >= 4 is 5.91 Å². The number of aryl methyl sites for hydroxylation is 2. The molecule has 2 N–H and O–H groups in total. The Morgan fingerprint density at radius 3 is 2.95 bits per heavy atom. The lowest BCUT2D eigenvalue weighted by atomic mass is 10.0. The van der Waals surface area contributed by atoms with Crippen LogP contribution in [0.4, 0.5) is 0 Å². The number of hydrogen-bond acceptors (Lipinski definition) is 2. The first-order valence-electron chi connectivity index (χ1n) is 6.51. The second kappa shape index (κ2) is 6.18. The molecule has 0 fully saturated rings. The predicted molar refractivity (Wildman–Crippen MR) is 75.2 cm³/mol. The first-order valence-corrected chi connectivity index (χ1v) is 6.51. The summed E-state index contributed by atoms with van der Waals surface area (Å²) in [5, 5.41) is 2.95. The average molecular weight is 257 g/mol. The summed E-state index contributed by atoms with van der Waals surface area (Å²) in [6.07, 6.45) is 5.28. The van der Waals surface area contributed by atoms with E-state index in [-0.39, 0.29) is 5.91 Å². The number of carbonyl (C=O) groups excluding carboxylic acids is 1. The van der Waals surface area contributed by atoms with E-state index in [4.69, 9.17) is 0 Å². The van der Waals surface area contributed by atoms with Crippen LogP contribution in [0.3, 0.4) is 0 Å². The Balaban J connectivity index is 1.83. The van der Waals surface area contributed by atoms with Gasteiger partial charge in [0.1, 0.15) is 5.82 Å². The molecular weight excluding hydrogens is 238 g/mol. The van der Waals surface area contributed by atoms with Crippen molar-refractivity contribution in [3.05, 3.63) is 53.1 Å². The molecule has 1 heterocycles. The van der Waals surface area contributed by atoms with Gasteiger partial charge in [-0.3, -0.25) is 4.79 Å². The molecule has 0 spiro atoms. The third-order valence-corrected chi connectivity index (χ3v) is 3.28. The van der Waals surface area contributed by atoms with Crippen molar-refractivity contribution in [1.82, 2.24) is 15.3 Å². The highest BCUT2D eigenvalue weighted by molar-refractivity contribution is 5.95. The van der Waals surface area contributed by atoms with Crippen molar-refractivity contribution in [1.29, 1.82) is 0 Å². The fourth-order valence-electron chi connectivity index (χ4n) is 1.98. The number of aromatic amines is 1. The summed E-state index contributed by atoms with van der Waals surface area (Å²) in [6.45, 7) is 4.66. The molecule has 0 saturated heterocycles. The lowest BCUT2D eigenvalue weighted by Crippen LogP contribution is -2.25. The Kier molecular flexibility index (Phi) is 4.34. The molecule has 0 aliphatic carbocycles. The zero-order valence-electron chi connectivity index (χ0n) is 11.4. The number of rotatable bonds is 5. The van der Waals surface area contributed by atoms with Crippen LogP contribution in [-0.2, 0) is 6.42 Å². The van der Waals surface area contributed by atoms with Crippen molar-refractivity contribution < 1.29 is 4.79 Å². The molecule has 0 saturated carbocycles. The summed E-state index contributed by atoms with van der Waals surface area (Å²) in [4.78, 5) is 19.2. The van der Waals surface area contributed by atoms with Crippen LogP contribution < -0.4 is 5.32 Å². The van der Waals surface area contributed by atoms with Crippen LogP contribution in [0.5, 0.6) is 0 Å². The Bertz CT molecular complexity index is 547. The molecule has 2 aromatic rings. The molecule has 2 rings (SSSR count). The minimum Gasteiger partial charge on any atom is -0.352 e. The summed E-state index contributed by atoms with van der Waals surface area (Å²) in [7, 11) is 0. The van der Waals surface area contributed by atoms with Crippen molar-refractivity contribution in [2.75, 3.05) is 6.54 Å². The Hall–Kier alpha value is -2.10. The molecular formula is C15H19N3O. The van der Waals surface area contributed by atoms with E-state index < -0.39 is 0 Å². The van der Waals surface area contributed by atoms with Gasteiger partial charge in [-0.25, -0.2) is 4.98 Å². The van der Waals surface area contributed by atoms with Gasteiger partial charge in [-0.15, -0.1) is 0 Å². The minimum absolute atomic E-state index is 0.000597. The number of nitrogens with one attached hydrogen (secondary N) is 2. The number of carbonyl (C=O) groups is 1. The van der Waals surface area contributed by atoms with Gasteiger partial charge in [0.15, 0.2) is 0 Å². The summed E-state index contributed by atoms with van der Waals surface area (Å²) in [5.41, 5.74) is 2.95. The maximum Gasteiger partial charge on any atom is 0.251 e. The van der Waals surface area contributed by atoms with Crippen LogP contribution in [0.15, 0.2) is 30.6 Å². The summed E-state index contributed by atoms with van der Waals surface area (Å²) >= 11 is 0. The van der Waals surface area contributed by atoms with E-state index >= 15 is 0 Å². The summed E-state index contributed by atoms with van der Waals surface area (Å²) in [5.74, 6) is 0.960. The third kappa shape index (κ3) is 3.44. The third-order valence-electron chi connectivity index (χ3n) is 3.28. The fourth-order valence-corrected chi connectivity index (χ4v) is 1.98. The maximum absolute atomic E-state index is 12.0. The van der Waals surface area contributed by atoms with Gasteiger partial charge in [0.2, 0.25) is 0 Å². The van der Waals surface area contributed by atoms with Crippen molar-refractivity contribution in [2.24, 2.45) is 0 Å². The second-order valence-electron chi connectivity index (χ2n) is 4.64. The molecule has 0 unspecified atom stereocenters. The number of nitrogens with zero attached hydrogens (tertiary/aromatic N) is 1.